The predicted molar refractivity (Wildman–Crippen MR) is 134 cm³/mol. The molecule has 186 valence electrons. The maximum atomic E-state index is 13.9. The Morgan fingerprint density at radius 3 is 2.42 bits per heavy atom. The Morgan fingerprint density at radius 2 is 1.94 bits per heavy atom. The van der Waals surface area contributed by atoms with Crippen molar-refractivity contribution in [2.24, 2.45) is 23.2 Å². The van der Waals surface area contributed by atoms with Crippen LogP contribution in [0, 0.1) is 23.2 Å². The van der Waals surface area contributed by atoms with E-state index in [1.807, 2.05) is 6.08 Å². The lowest BCUT2D eigenvalue weighted by Crippen LogP contribution is -2.60. The molecule has 0 aromatic heterocycles. The van der Waals surface area contributed by atoms with Crippen LogP contribution in [0.3, 0.4) is 0 Å². The van der Waals surface area contributed by atoms with Crippen LogP contribution in [0.1, 0.15) is 99.3 Å². The van der Waals surface area contributed by atoms with E-state index in [0.717, 1.165) is 51.4 Å². The van der Waals surface area contributed by atoms with Crippen molar-refractivity contribution in [1.29, 1.82) is 0 Å². The lowest BCUT2D eigenvalue weighted by molar-refractivity contribution is -0.139. The Labute approximate surface area is 201 Å². The van der Waals surface area contributed by atoms with Crippen LogP contribution in [-0.4, -0.2) is 39.6 Å². The fourth-order valence-corrected chi connectivity index (χ4v) is 6.32. The summed E-state index contributed by atoms with van der Waals surface area (Å²) in [7, 11) is 0. The average Bonchev–Trinajstić information content (AvgIpc) is 2.99. The fraction of sp³-hybridized carbons (Fsp3) is 0.786. The molecule has 1 saturated heterocycles. The van der Waals surface area contributed by atoms with Gasteiger partial charge in [0, 0.05) is 12.0 Å². The van der Waals surface area contributed by atoms with Gasteiger partial charge in [0.15, 0.2) is 0 Å². The van der Waals surface area contributed by atoms with E-state index in [1.165, 1.54) is 0 Å². The molecule has 0 radical (unpaired) electrons. The molecule has 5 heteroatoms. The van der Waals surface area contributed by atoms with Crippen LogP contribution in [0.5, 0.6) is 0 Å². The first-order valence-corrected chi connectivity index (χ1v) is 13.2. The second-order valence-corrected chi connectivity index (χ2v) is 12.1. The Kier molecular flexibility index (Phi) is 8.14. The third-order valence-corrected chi connectivity index (χ3v) is 8.24. The molecule has 2 N–H and O–H groups in total. The summed E-state index contributed by atoms with van der Waals surface area (Å²) in [4.78, 5) is 27.6. The van der Waals surface area contributed by atoms with Crippen molar-refractivity contribution in [1.82, 2.24) is 10.2 Å². The molecule has 3 unspecified atom stereocenters. The van der Waals surface area contributed by atoms with Gasteiger partial charge in [-0.15, -0.1) is 0 Å². The molecule has 3 rings (SSSR count). The lowest BCUT2D eigenvalue weighted by Gasteiger charge is -2.50. The van der Waals surface area contributed by atoms with Crippen molar-refractivity contribution in [2.45, 2.75) is 117 Å². The second-order valence-electron chi connectivity index (χ2n) is 12.1. The molecule has 2 aliphatic carbocycles. The van der Waals surface area contributed by atoms with Crippen molar-refractivity contribution in [3.05, 3.63) is 23.8 Å². The zero-order valence-corrected chi connectivity index (χ0v) is 21.7. The number of allylic oxidation sites excluding steroid dienone is 1. The minimum Gasteiger partial charge on any atom is -0.478 e. The fourth-order valence-electron chi connectivity index (χ4n) is 6.32. The first kappa shape index (κ1) is 26.0. The number of carbonyl (C=O) groups excluding carboxylic acids is 1. The maximum Gasteiger partial charge on any atom is 0.335 e. The highest BCUT2D eigenvalue weighted by Gasteiger charge is 2.55. The molecule has 5 nitrogen and oxygen atoms in total. The highest BCUT2D eigenvalue weighted by Crippen LogP contribution is 2.47. The molecular formula is C28H46N2O3. The summed E-state index contributed by atoms with van der Waals surface area (Å²) in [5.74, 6) is 0.693. The van der Waals surface area contributed by atoms with Crippen LogP contribution in [0.15, 0.2) is 23.8 Å². The van der Waals surface area contributed by atoms with E-state index < -0.39 is 5.97 Å². The normalized spacial score (nSPS) is 31.4. The SMILES string of the molecule is CCCCC(C1C=CC(C(=O)O)=CC1)N1C(=O)C(CC(C)C)NC12CCC(C(C)(C)C)CC2. The number of nitrogens with zero attached hydrogens (tertiary/aromatic N) is 1. The van der Waals surface area contributed by atoms with E-state index in [-0.39, 0.29) is 35.0 Å². The van der Waals surface area contributed by atoms with E-state index >= 15 is 0 Å². The Balaban J connectivity index is 1.92. The minimum atomic E-state index is -0.873. The van der Waals surface area contributed by atoms with E-state index in [9.17, 15) is 14.7 Å². The van der Waals surface area contributed by atoms with Crippen LogP contribution < -0.4 is 5.32 Å². The van der Waals surface area contributed by atoms with Gasteiger partial charge in [-0.25, -0.2) is 4.79 Å². The molecule has 0 aromatic rings. The summed E-state index contributed by atoms with van der Waals surface area (Å²) in [5.41, 5.74) is 0.393. The van der Waals surface area contributed by atoms with Gasteiger partial charge >= 0.3 is 5.97 Å². The summed E-state index contributed by atoms with van der Waals surface area (Å²) in [6, 6.07) is -0.00542. The van der Waals surface area contributed by atoms with Gasteiger partial charge in [0.25, 0.3) is 0 Å². The zero-order chi connectivity index (χ0) is 24.4. The van der Waals surface area contributed by atoms with Crippen LogP contribution in [0.2, 0.25) is 0 Å². The van der Waals surface area contributed by atoms with Crippen LogP contribution in [0.25, 0.3) is 0 Å². The molecule has 33 heavy (non-hydrogen) atoms. The van der Waals surface area contributed by atoms with E-state index in [2.05, 4.69) is 57.8 Å². The first-order valence-electron chi connectivity index (χ1n) is 13.2. The van der Waals surface area contributed by atoms with E-state index in [0.29, 0.717) is 23.8 Å². The van der Waals surface area contributed by atoms with E-state index in [4.69, 9.17) is 0 Å². The van der Waals surface area contributed by atoms with Gasteiger partial charge in [-0.05, 0) is 62.2 Å². The number of hydrogen-bond acceptors (Lipinski definition) is 3. The smallest absolute Gasteiger partial charge is 0.335 e. The summed E-state index contributed by atoms with van der Waals surface area (Å²) < 4.78 is 0. The number of carboxylic acids is 1. The molecule has 1 heterocycles. The van der Waals surface area contributed by atoms with Crippen molar-refractivity contribution < 1.29 is 14.7 Å². The highest BCUT2D eigenvalue weighted by atomic mass is 16.4. The number of amides is 1. The first-order chi connectivity index (χ1) is 15.5. The van der Waals surface area contributed by atoms with Gasteiger partial charge in [0.05, 0.1) is 17.3 Å². The molecule has 1 aliphatic heterocycles. The van der Waals surface area contributed by atoms with Gasteiger partial charge in [-0.3, -0.25) is 10.1 Å². The third kappa shape index (κ3) is 5.72. The summed E-state index contributed by atoms with van der Waals surface area (Å²) in [6.07, 6.45) is 14.6. The number of rotatable bonds is 8. The quantitative estimate of drug-likeness (QED) is 0.474. The Bertz CT molecular complexity index is 769. The second kappa shape index (κ2) is 10.3. The van der Waals surface area contributed by atoms with Crippen LogP contribution in [0.4, 0.5) is 0 Å². The van der Waals surface area contributed by atoms with Crippen LogP contribution >= 0.6 is 0 Å². The third-order valence-electron chi connectivity index (χ3n) is 8.24. The van der Waals surface area contributed by atoms with Crippen molar-refractivity contribution >= 4 is 11.9 Å². The van der Waals surface area contributed by atoms with Gasteiger partial charge in [-0.2, -0.15) is 0 Å². The van der Waals surface area contributed by atoms with Gasteiger partial charge in [0.2, 0.25) is 5.91 Å². The number of nitrogens with one attached hydrogen (secondary N) is 1. The highest BCUT2D eigenvalue weighted by molar-refractivity contribution is 5.90. The molecule has 3 atom stereocenters. The molecule has 3 aliphatic rings. The van der Waals surface area contributed by atoms with Crippen molar-refractivity contribution in [2.75, 3.05) is 0 Å². The molecular weight excluding hydrogens is 412 g/mol. The standard InChI is InChI=1S/C28H46N2O3/c1-7-8-9-24(20-10-12-21(13-11-20)26(32)33)30-25(31)23(18-19(2)3)29-28(30)16-14-22(15-17-28)27(4,5)6/h10,12-13,19-20,22-24,29H,7-9,11,14-18H2,1-6H3,(H,32,33). The number of unbranched alkanes of at least 4 members (excludes halogenated alkanes) is 1. The van der Waals surface area contributed by atoms with Crippen molar-refractivity contribution in [3.63, 3.8) is 0 Å². The zero-order valence-electron chi connectivity index (χ0n) is 21.7. The molecule has 1 amide bonds. The maximum absolute atomic E-state index is 13.9. The largest absolute Gasteiger partial charge is 0.478 e. The van der Waals surface area contributed by atoms with Gasteiger partial charge in [-0.1, -0.05) is 72.6 Å². The lowest BCUT2D eigenvalue weighted by atomic mass is 9.69. The number of aliphatic carboxylic acids is 1. The number of hydrogen-bond donors (Lipinski definition) is 2. The van der Waals surface area contributed by atoms with E-state index in [1.54, 1.807) is 6.08 Å². The minimum absolute atomic E-state index is 0.108. The predicted octanol–water partition coefficient (Wildman–Crippen LogP) is 5.91. The average molecular weight is 459 g/mol. The monoisotopic (exact) mass is 458 g/mol. The summed E-state index contributed by atoms with van der Waals surface area (Å²) in [6.45, 7) is 13.6. The van der Waals surface area contributed by atoms with Crippen LogP contribution in [-0.2, 0) is 9.59 Å². The van der Waals surface area contributed by atoms with Crippen molar-refractivity contribution in [3.8, 4) is 0 Å². The molecule has 0 aromatic carbocycles. The molecule has 1 spiro atoms. The molecule has 2 fully saturated rings. The number of carbonyl (C=O) groups is 2. The summed E-state index contributed by atoms with van der Waals surface area (Å²) >= 11 is 0. The Morgan fingerprint density at radius 1 is 1.27 bits per heavy atom. The summed E-state index contributed by atoms with van der Waals surface area (Å²) in [5, 5.41) is 13.2. The number of carboxylic acid groups (broad SMARTS) is 1. The van der Waals surface area contributed by atoms with Gasteiger partial charge in [0.1, 0.15) is 0 Å². The molecule has 0 bridgehead atoms. The topological polar surface area (TPSA) is 69.6 Å². The molecule has 1 saturated carbocycles. The van der Waals surface area contributed by atoms with Gasteiger partial charge < -0.3 is 10.0 Å². The Hall–Kier alpha value is -1.62.